The molecule has 0 aliphatic heterocycles. The second-order valence-corrected chi connectivity index (χ2v) is 7.71. The van der Waals surface area contributed by atoms with Gasteiger partial charge in [0.1, 0.15) is 0 Å². The van der Waals surface area contributed by atoms with Gasteiger partial charge in [0.2, 0.25) is 0 Å². The number of nitrogens with one attached hydrogen (secondary N) is 2. The minimum absolute atomic E-state index is 0.619. The topological polar surface area (TPSA) is 102 Å². The fourth-order valence-electron chi connectivity index (χ4n) is 3.39. The number of hydrogen-bond acceptors (Lipinski definition) is 6. The van der Waals surface area contributed by atoms with Gasteiger partial charge in [-0.3, -0.25) is 0 Å². The van der Waals surface area contributed by atoms with Crippen LogP contribution in [-0.4, -0.2) is 46.3 Å². The van der Waals surface area contributed by atoms with Gasteiger partial charge in [-0.15, -0.1) is 5.10 Å². The molecule has 2 N–H and O–H groups in total. The molecule has 10 heteroatoms. The van der Waals surface area contributed by atoms with Crippen LogP contribution in [0.15, 0.2) is 65.5 Å². The Morgan fingerprint density at radius 3 is 2.80 bits per heavy atom. The Morgan fingerprint density at radius 1 is 1.07 bits per heavy atom. The standard InChI is InChI=1S/C20H18BrN9/c21-15-11-18(20-25-27-28-26-20)29(13-15)16-3-1-14(2-4-16)12-22-8-5-17-6-9-23-19-7-10-24-30(17)19/h1-4,6-7,9-11,13,22H,5,8,12H2,(H,25,26,27,28). The number of halogens is 1. The molecule has 4 aromatic heterocycles. The summed E-state index contributed by atoms with van der Waals surface area (Å²) in [5.74, 6) is 0.619. The Labute approximate surface area is 180 Å². The number of H-pyrrole nitrogens is 1. The summed E-state index contributed by atoms with van der Waals surface area (Å²) in [5, 5.41) is 22.0. The Morgan fingerprint density at radius 2 is 1.97 bits per heavy atom. The van der Waals surface area contributed by atoms with E-state index in [1.807, 2.05) is 39.7 Å². The number of aromatic nitrogens is 8. The second kappa shape index (κ2) is 8.17. The molecule has 0 bridgehead atoms. The van der Waals surface area contributed by atoms with Crippen LogP contribution in [0.1, 0.15) is 11.3 Å². The second-order valence-electron chi connectivity index (χ2n) is 6.79. The van der Waals surface area contributed by atoms with Crippen molar-refractivity contribution in [3.8, 4) is 17.2 Å². The van der Waals surface area contributed by atoms with Gasteiger partial charge in [-0.25, -0.2) is 14.6 Å². The monoisotopic (exact) mass is 463 g/mol. The molecule has 30 heavy (non-hydrogen) atoms. The molecular weight excluding hydrogens is 446 g/mol. The Balaban J connectivity index is 1.23. The van der Waals surface area contributed by atoms with Crippen LogP contribution in [0.3, 0.4) is 0 Å². The fraction of sp³-hybridized carbons (Fsp3) is 0.150. The summed E-state index contributed by atoms with van der Waals surface area (Å²) in [6.45, 7) is 1.65. The minimum Gasteiger partial charge on any atom is -0.313 e. The van der Waals surface area contributed by atoms with Crippen molar-refractivity contribution in [2.75, 3.05) is 6.54 Å². The first-order valence-corrected chi connectivity index (χ1v) is 10.3. The third kappa shape index (κ3) is 3.74. The third-order valence-corrected chi connectivity index (χ3v) is 5.28. The van der Waals surface area contributed by atoms with Crippen LogP contribution in [-0.2, 0) is 13.0 Å². The first-order chi connectivity index (χ1) is 14.8. The zero-order chi connectivity index (χ0) is 20.3. The molecule has 0 fully saturated rings. The maximum absolute atomic E-state index is 4.33. The van der Waals surface area contributed by atoms with Gasteiger partial charge >= 0.3 is 0 Å². The van der Waals surface area contributed by atoms with E-state index >= 15 is 0 Å². The van der Waals surface area contributed by atoms with Crippen LogP contribution < -0.4 is 5.32 Å². The molecule has 5 rings (SSSR count). The minimum atomic E-state index is 0.619. The summed E-state index contributed by atoms with van der Waals surface area (Å²) in [6.07, 6.45) is 6.48. The lowest BCUT2D eigenvalue weighted by Gasteiger charge is -2.09. The van der Waals surface area contributed by atoms with Gasteiger partial charge in [0.05, 0.1) is 11.9 Å². The van der Waals surface area contributed by atoms with E-state index in [-0.39, 0.29) is 0 Å². The van der Waals surface area contributed by atoms with Crippen LogP contribution in [0.4, 0.5) is 0 Å². The van der Waals surface area contributed by atoms with E-state index < -0.39 is 0 Å². The zero-order valence-electron chi connectivity index (χ0n) is 15.9. The van der Waals surface area contributed by atoms with E-state index in [4.69, 9.17) is 0 Å². The lowest BCUT2D eigenvalue weighted by Crippen LogP contribution is -2.18. The normalized spacial score (nSPS) is 11.4. The van der Waals surface area contributed by atoms with Crippen molar-refractivity contribution in [3.63, 3.8) is 0 Å². The van der Waals surface area contributed by atoms with Crippen molar-refractivity contribution in [1.82, 2.24) is 45.1 Å². The molecule has 5 aromatic rings. The molecule has 0 saturated carbocycles. The van der Waals surface area contributed by atoms with Crippen molar-refractivity contribution >= 4 is 21.6 Å². The summed E-state index contributed by atoms with van der Waals surface area (Å²) >= 11 is 3.53. The van der Waals surface area contributed by atoms with E-state index in [2.05, 4.69) is 76.2 Å². The smallest absolute Gasteiger partial charge is 0.196 e. The molecule has 0 radical (unpaired) electrons. The van der Waals surface area contributed by atoms with Crippen LogP contribution in [0, 0.1) is 0 Å². The van der Waals surface area contributed by atoms with E-state index in [1.54, 1.807) is 6.20 Å². The van der Waals surface area contributed by atoms with Crippen LogP contribution in [0.25, 0.3) is 22.9 Å². The van der Waals surface area contributed by atoms with Gasteiger partial charge in [0, 0.05) is 53.8 Å². The Bertz CT molecular complexity index is 1260. The summed E-state index contributed by atoms with van der Waals surface area (Å²) in [4.78, 5) is 4.30. The molecule has 9 nitrogen and oxygen atoms in total. The molecule has 0 saturated heterocycles. The van der Waals surface area contributed by atoms with Crippen LogP contribution >= 0.6 is 15.9 Å². The first-order valence-electron chi connectivity index (χ1n) is 9.47. The van der Waals surface area contributed by atoms with Gasteiger partial charge in [-0.05, 0) is 56.2 Å². The molecule has 0 atom stereocenters. The van der Waals surface area contributed by atoms with Crippen molar-refractivity contribution in [2.24, 2.45) is 0 Å². The van der Waals surface area contributed by atoms with Crippen LogP contribution in [0.2, 0.25) is 0 Å². The predicted octanol–water partition coefficient (Wildman–Crippen LogP) is 2.79. The van der Waals surface area contributed by atoms with Gasteiger partial charge in [0.15, 0.2) is 11.5 Å². The molecule has 0 aliphatic rings. The molecule has 150 valence electrons. The third-order valence-electron chi connectivity index (χ3n) is 4.84. The van der Waals surface area contributed by atoms with Crippen molar-refractivity contribution in [2.45, 2.75) is 13.0 Å². The Hall–Kier alpha value is -3.37. The molecular formula is C20H18BrN9. The highest BCUT2D eigenvalue weighted by Crippen LogP contribution is 2.26. The highest BCUT2D eigenvalue weighted by molar-refractivity contribution is 9.10. The number of rotatable bonds is 7. The van der Waals surface area contributed by atoms with Gasteiger partial charge in [-0.2, -0.15) is 5.10 Å². The first kappa shape index (κ1) is 18.6. The van der Waals surface area contributed by atoms with E-state index in [9.17, 15) is 0 Å². The number of benzene rings is 1. The maximum atomic E-state index is 4.33. The van der Waals surface area contributed by atoms with E-state index in [1.165, 1.54) is 5.56 Å². The zero-order valence-corrected chi connectivity index (χ0v) is 17.5. The van der Waals surface area contributed by atoms with Gasteiger partial charge in [-0.1, -0.05) is 12.1 Å². The quantitative estimate of drug-likeness (QED) is 0.359. The average molecular weight is 464 g/mol. The highest BCUT2D eigenvalue weighted by Gasteiger charge is 2.12. The highest BCUT2D eigenvalue weighted by atomic mass is 79.9. The molecule has 0 unspecified atom stereocenters. The van der Waals surface area contributed by atoms with Crippen LogP contribution in [0.5, 0.6) is 0 Å². The number of tetrazole rings is 1. The van der Waals surface area contributed by atoms with E-state index in [0.717, 1.165) is 46.7 Å². The Kier molecular flexibility index (Phi) is 5.08. The predicted molar refractivity (Wildman–Crippen MR) is 115 cm³/mol. The largest absolute Gasteiger partial charge is 0.313 e. The lowest BCUT2D eigenvalue weighted by atomic mass is 10.2. The number of aromatic amines is 1. The van der Waals surface area contributed by atoms with Crippen molar-refractivity contribution < 1.29 is 0 Å². The van der Waals surface area contributed by atoms with Gasteiger partial charge < -0.3 is 9.88 Å². The molecule has 1 aromatic carbocycles. The summed E-state index contributed by atoms with van der Waals surface area (Å²) in [6, 6.07) is 14.3. The molecule has 0 amide bonds. The average Bonchev–Trinajstić information content (AvgIpc) is 3.52. The maximum Gasteiger partial charge on any atom is 0.196 e. The molecule has 0 spiro atoms. The summed E-state index contributed by atoms with van der Waals surface area (Å²) in [5.41, 5.74) is 5.15. The van der Waals surface area contributed by atoms with Gasteiger partial charge in [0.25, 0.3) is 0 Å². The number of nitrogens with zero attached hydrogens (tertiary/aromatic N) is 7. The van der Waals surface area contributed by atoms with Crippen molar-refractivity contribution in [1.29, 1.82) is 0 Å². The molecule has 4 heterocycles. The SMILES string of the molecule is Brc1cc(-c2nnn[nH]2)n(-c2ccc(CNCCc3ccnc4ccnn34)cc2)c1. The summed E-state index contributed by atoms with van der Waals surface area (Å²) in [7, 11) is 0. The number of hydrogen-bond donors (Lipinski definition) is 2. The lowest BCUT2D eigenvalue weighted by molar-refractivity contribution is 0.667. The summed E-state index contributed by atoms with van der Waals surface area (Å²) < 4.78 is 4.89. The molecule has 0 aliphatic carbocycles. The number of fused-ring (bicyclic) bond motifs is 1. The van der Waals surface area contributed by atoms with Crippen molar-refractivity contribution in [3.05, 3.63) is 76.8 Å². The van der Waals surface area contributed by atoms with E-state index in [0.29, 0.717) is 5.82 Å². The fourth-order valence-corrected chi connectivity index (χ4v) is 3.81.